The third kappa shape index (κ3) is 2.82. The molecule has 1 aliphatic rings. The maximum absolute atomic E-state index is 11.1. The van der Waals surface area contributed by atoms with Crippen LogP contribution in [0.1, 0.15) is 31.4 Å². The summed E-state index contributed by atoms with van der Waals surface area (Å²) >= 11 is 0. The van der Waals surface area contributed by atoms with Gasteiger partial charge in [-0.25, -0.2) is 0 Å². The van der Waals surface area contributed by atoms with Crippen LogP contribution in [0.15, 0.2) is 24.3 Å². The van der Waals surface area contributed by atoms with Crippen molar-refractivity contribution < 1.29 is 9.90 Å². The summed E-state index contributed by atoms with van der Waals surface area (Å²) in [5, 5.41) is 9.46. The molecule has 0 aromatic heterocycles. The van der Waals surface area contributed by atoms with E-state index >= 15 is 0 Å². The molecule has 98 valence electrons. The summed E-state index contributed by atoms with van der Waals surface area (Å²) in [5.41, 5.74) is 7.38. The van der Waals surface area contributed by atoms with Crippen molar-refractivity contribution in [2.45, 2.75) is 25.9 Å². The number of carbonyl (C=O) groups excluding carboxylic acids is 1. The maximum atomic E-state index is 11.1. The van der Waals surface area contributed by atoms with Gasteiger partial charge in [-0.1, -0.05) is 12.1 Å². The Morgan fingerprint density at radius 1 is 1.33 bits per heavy atom. The van der Waals surface area contributed by atoms with E-state index in [0.717, 1.165) is 37.2 Å². The van der Waals surface area contributed by atoms with Crippen molar-refractivity contribution in [2.75, 3.05) is 18.0 Å². The molecule has 3 N–H and O–H groups in total. The predicted molar refractivity (Wildman–Crippen MR) is 71.2 cm³/mol. The van der Waals surface area contributed by atoms with Gasteiger partial charge >= 0.3 is 0 Å². The summed E-state index contributed by atoms with van der Waals surface area (Å²) in [5.74, 6) is -0.155. The molecule has 0 saturated carbocycles. The monoisotopic (exact) mass is 248 g/mol. The van der Waals surface area contributed by atoms with Gasteiger partial charge in [0.05, 0.1) is 6.10 Å². The Bertz CT molecular complexity index is 406. The lowest BCUT2D eigenvalue weighted by Gasteiger charge is -2.32. The highest BCUT2D eigenvalue weighted by Gasteiger charge is 2.23. The van der Waals surface area contributed by atoms with E-state index in [2.05, 4.69) is 4.90 Å². The second-order valence-corrected chi connectivity index (χ2v) is 4.93. The molecule has 1 heterocycles. The first-order valence-corrected chi connectivity index (χ1v) is 6.40. The van der Waals surface area contributed by atoms with Crippen molar-refractivity contribution in [1.82, 2.24) is 0 Å². The van der Waals surface area contributed by atoms with Crippen LogP contribution >= 0.6 is 0 Å². The Kier molecular flexibility index (Phi) is 3.87. The summed E-state index contributed by atoms with van der Waals surface area (Å²) in [7, 11) is 0. The second kappa shape index (κ2) is 5.40. The number of carbonyl (C=O) groups is 1. The normalized spacial score (nSPS) is 18.7. The van der Waals surface area contributed by atoms with E-state index in [1.165, 1.54) is 0 Å². The molecular weight excluding hydrogens is 228 g/mol. The van der Waals surface area contributed by atoms with Gasteiger partial charge in [-0.15, -0.1) is 0 Å². The van der Waals surface area contributed by atoms with E-state index < -0.39 is 6.10 Å². The zero-order valence-electron chi connectivity index (χ0n) is 10.7. The minimum atomic E-state index is -0.431. The first-order chi connectivity index (χ1) is 8.58. The molecule has 1 aromatic carbocycles. The summed E-state index contributed by atoms with van der Waals surface area (Å²) in [4.78, 5) is 13.3. The Morgan fingerprint density at radius 2 is 1.89 bits per heavy atom. The summed E-state index contributed by atoms with van der Waals surface area (Å²) in [6, 6.07) is 7.93. The Balaban J connectivity index is 1.99. The highest BCUT2D eigenvalue weighted by molar-refractivity contribution is 5.77. The smallest absolute Gasteiger partial charge is 0.220 e. The fourth-order valence-electron chi connectivity index (χ4n) is 2.39. The number of rotatable bonds is 3. The van der Waals surface area contributed by atoms with Crippen LogP contribution in [0.4, 0.5) is 5.69 Å². The number of hydrogen-bond donors (Lipinski definition) is 2. The van der Waals surface area contributed by atoms with Gasteiger partial charge in [-0.2, -0.15) is 0 Å². The van der Waals surface area contributed by atoms with Gasteiger partial charge in [-0.05, 0) is 37.5 Å². The molecule has 1 saturated heterocycles. The number of aliphatic hydroxyl groups excluding tert-OH is 1. The standard InChI is InChI=1S/C14H20N2O2/c1-10(17)11-2-4-13(5-3-11)16-8-6-12(7-9-16)14(15)18/h2-5,10,12,17H,6-9H2,1H3,(H2,15,18)/t10-/m0/s1. The van der Waals surface area contributed by atoms with Crippen LogP contribution in [0.2, 0.25) is 0 Å². The zero-order chi connectivity index (χ0) is 13.1. The molecule has 4 heteroatoms. The topological polar surface area (TPSA) is 66.6 Å². The molecule has 2 rings (SSSR count). The minimum absolute atomic E-state index is 0.0259. The number of nitrogens with zero attached hydrogens (tertiary/aromatic N) is 1. The molecule has 4 nitrogen and oxygen atoms in total. The average Bonchev–Trinajstić information content (AvgIpc) is 2.39. The van der Waals surface area contributed by atoms with Crippen molar-refractivity contribution in [3.63, 3.8) is 0 Å². The molecular formula is C14H20N2O2. The number of benzene rings is 1. The third-order valence-electron chi connectivity index (χ3n) is 3.64. The van der Waals surface area contributed by atoms with Crippen molar-refractivity contribution in [3.05, 3.63) is 29.8 Å². The molecule has 1 fully saturated rings. The van der Waals surface area contributed by atoms with Crippen molar-refractivity contribution in [1.29, 1.82) is 0 Å². The van der Waals surface area contributed by atoms with E-state index in [0.29, 0.717) is 0 Å². The van der Waals surface area contributed by atoms with Crippen LogP contribution in [-0.4, -0.2) is 24.1 Å². The minimum Gasteiger partial charge on any atom is -0.389 e. The lowest BCUT2D eigenvalue weighted by atomic mass is 9.96. The van der Waals surface area contributed by atoms with Gasteiger partial charge in [0.25, 0.3) is 0 Å². The number of anilines is 1. The molecule has 1 amide bonds. The molecule has 1 aromatic rings. The number of nitrogens with two attached hydrogens (primary N) is 1. The predicted octanol–water partition coefficient (Wildman–Crippen LogP) is 1.44. The highest BCUT2D eigenvalue weighted by atomic mass is 16.3. The molecule has 0 unspecified atom stereocenters. The van der Waals surface area contributed by atoms with Gasteiger partial charge in [0.15, 0.2) is 0 Å². The van der Waals surface area contributed by atoms with Gasteiger partial charge in [0.2, 0.25) is 5.91 Å². The van der Waals surface area contributed by atoms with Crippen molar-refractivity contribution in [3.8, 4) is 0 Å². The Morgan fingerprint density at radius 3 is 2.33 bits per heavy atom. The summed E-state index contributed by atoms with van der Waals surface area (Å²) in [6.07, 6.45) is 1.22. The van der Waals surface area contributed by atoms with Gasteiger partial charge < -0.3 is 15.7 Å². The number of amides is 1. The van der Waals surface area contributed by atoms with Crippen LogP contribution in [0.25, 0.3) is 0 Å². The van der Waals surface area contributed by atoms with Gasteiger partial charge in [0, 0.05) is 24.7 Å². The number of piperidine rings is 1. The van der Waals surface area contributed by atoms with Gasteiger partial charge in [0.1, 0.15) is 0 Å². The fourth-order valence-corrected chi connectivity index (χ4v) is 2.39. The van der Waals surface area contributed by atoms with E-state index in [9.17, 15) is 9.90 Å². The van der Waals surface area contributed by atoms with Gasteiger partial charge in [-0.3, -0.25) is 4.79 Å². The Hall–Kier alpha value is -1.55. The van der Waals surface area contributed by atoms with E-state index in [1.807, 2.05) is 24.3 Å². The Labute approximate surface area is 107 Å². The highest BCUT2D eigenvalue weighted by Crippen LogP contribution is 2.24. The second-order valence-electron chi connectivity index (χ2n) is 4.93. The SMILES string of the molecule is C[C@H](O)c1ccc(N2CCC(C(N)=O)CC2)cc1. The number of hydrogen-bond acceptors (Lipinski definition) is 3. The van der Waals surface area contributed by atoms with Crippen molar-refractivity contribution in [2.24, 2.45) is 11.7 Å². The van der Waals surface area contributed by atoms with E-state index in [1.54, 1.807) is 6.92 Å². The van der Waals surface area contributed by atoms with Crippen LogP contribution in [0.5, 0.6) is 0 Å². The lowest BCUT2D eigenvalue weighted by molar-refractivity contribution is -0.122. The van der Waals surface area contributed by atoms with Crippen LogP contribution in [-0.2, 0) is 4.79 Å². The molecule has 0 spiro atoms. The maximum Gasteiger partial charge on any atom is 0.220 e. The summed E-state index contributed by atoms with van der Waals surface area (Å²) in [6.45, 7) is 3.48. The number of primary amides is 1. The zero-order valence-corrected chi connectivity index (χ0v) is 10.7. The molecule has 1 atom stereocenters. The first kappa shape index (κ1) is 12.9. The molecule has 0 aliphatic carbocycles. The van der Waals surface area contributed by atoms with Crippen LogP contribution in [0.3, 0.4) is 0 Å². The first-order valence-electron chi connectivity index (χ1n) is 6.40. The molecule has 0 radical (unpaired) electrons. The van der Waals surface area contributed by atoms with E-state index in [-0.39, 0.29) is 11.8 Å². The lowest BCUT2D eigenvalue weighted by Crippen LogP contribution is -2.38. The van der Waals surface area contributed by atoms with Crippen molar-refractivity contribution >= 4 is 11.6 Å². The average molecular weight is 248 g/mol. The largest absolute Gasteiger partial charge is 0.389 e. The van der Waals surface area contributed by atoms with E-state index in [4.69, 9.17) is 5.73 Å². The third-order valence-corrected chi connectivity index (χ3v) is 3.64. The summed E-state index contributed by atoms with van der Waals surface area (Å²) < 4.78 is 0. The molecule has 1 aliphatic heterocycles. The van der Waals surface area contributed by atoms with Crippen LogP contribution < -0.4 is 10.6 Å². The van der Waals surface area contributed by atoms with Crippen LogP contribution in [0, 0.1) is 5.92 Å². The molecule has 0 bridgehead atoms. The fraction of sp³-hybridized carbons (Fsp3) is 0.500. The molecule has 18 heavy (non-hydrogen) atoms. The number of aliphatic hydroxyl groups is 1. The quantitative estimate of drug-likeness (QED) is 0.850.